The van der Waals surface area contributed by atoms with Crippen molar-refractivity contribution < 1.29 is 24.0 Å². The molecule has 0 aromatic heterocycles. The van der Waals surface area contributed by atoms with Crippen LogP contribution in [0, 0.1) is 5.92 Å². The molecular weight excluding hydrogens is 374 g/mol. The van der Waals surface area contributed by atoms with E-state index in [1.54, 1.807) is 18.2 Å². The van der Waals surface area contributed by atoms with Gasteiger partial charge >= 0.3 is 17.8 Å². The Labute approximate surface area is 168 Å². The van der Waals surface area contributed by atoms with E-state index in [1.165, 1.54) is 0 Å². The maximum absolute atomic E-state index is 12.8. The lowest BCUT2D eigenvalue weighted by atomic mass is 9.85. The Bertz CT molecular complexity index is 925. The van der Waals surface area contributed by atoms with Crippen molar-refractivity contribution >= 4 is 35.2 Å². The molecule has 2 heterocycles. The van der Waals surface area contributed by atoms with Gasteiger partial charge in [0.25, 0.3) is 0 Å². The third-order valence-electron chi connectivity index (χ3n) is 6.11. The number of amides is 5. The second-order valence-electron chi connectivity index (χ2n) is 8.02. The van der Waals surface area contributed by atoms with Crippen LogP contribution in [0.25, 0.3) is 0 Å². The minimum atomic E-state index is -0.939. The topological polar surface area (TPSA) is 104 Å². The summed E-state index contributed by atoms with van der Waals surface area (Å²) in [6.45, 7) is 1.51. The van der Waals surface area contributed by atoms with E-state index in [0.29, 0.717) is 30.5 Å². The van der Waals surface area contributed by atoms with Gasteiger partial charge in [0.05, 0.1) is 6.54 Å². The number of nitrogens with zero attached hydrogens (tertiary/aromatic N) is 2. The number of anilines is 1. The van der Waals surface area contributed by atoms with Crippen LogP contribution in [0.1, 0.15) is 54.9 Å². The highest BCUT2D eigenvalue weighted by molar-refractivity contribution is 6.45. The Kier molecular flexibility index (Phi) is 4.94. The summed E-state index contributed by atoms with van der Waals surface area (Å²) in [5.74, 6) is -2.13. The Hall–Kier alpha value is -3.03. The van der Waals surface area contributed by atoms with Gasteiger partial charge in [-0.25, -0.2) is 9.69 Å². The number of hydrogen-bond acceptors (Lipinski definition) is 5. The molecule has 4 rings (SSSR count). The van der Waals surface area contributed by atoms with Gasteiger partial charge < -0.3 is 5.32 Å². The van der Waals surface area contributed by atoms with Crippen molar-refractivity contribution in [3.8, 4) is 0 Å². The van der Waals surface area contributed by atoms with Crippen molar-refractivity contribution in [3.63, 3.8) is 0 Å². The lowest BCUT2D eigenvalue weighted by molar-refractivity contribution is -0.144. The van der Waals surface area contributed by atoms with Gasteiger partial charge in [-0.1, -0.05) is 19.8 Å². The predicted octanol–water partition coefficient (Wildman–Crippen LogP) is 2.12. The smallest absolute Gasteiger partial charge is 0.326 e. The molecule has 5 amide bonds. The average molecular weight is 397 g/mol. The maximum atomic E-state index is 12.8. The number of urea groups is 1. The summed E-state index contributed by atoms with van der Waals surface area (Å²) in [6, 6.07) is 3.89. The summed E-state index contributed by atoms with van der Waals surface area (Å²) in [4.78, 5) is 63.7. The number of Topliss-reactive ketones (excluding diaryl/α,β-unsaturated/α-hetero) is 1. The van der Waals surface area contributed by atoms with Crippen LogP contribution in [0.15, 0.2) is 18.2 Å². The van der Waals surface area contributed by atoms with Crippen molar-refractivity contribution in [2.75, 3.05) is 11.9 Å². The van der Waals surface area contributed by atoms with Crippen LogP contribution in [0.5, 0.6) is 0 Å². The highest BCUT2D eigenvalue weighted by Gasteiger charge is 2.49. The molecule has 1 aromatic rings. The minimum absolute atomic E-state index is 0.0691. The van der Waals surface area contributed by atoms with Crippen LogP contribution in [-0.2, 0) is 20.8 Å². The van der Waals surface area contributed by atoms with E-state index in [2.05, 4.69) is 5.32 Å². The number of hydrogen-bond donors (Lipinski definition) is 1. The summed E-state index contributed by atoms with van der Waals surface area (Å²) >= 11 is 0. The number of nitrogens with one attached hydrogen (secondary N) is 1. The SMILES string of the molecule is C[C@@H]1CCCC[C@@H]1N1C(=O)C(=O)N(CC(=O)c2ccc3c(c2)CCC(=O)N3)C1=O. The second-order valence-corrected chi connectivity index (χ2v) is 8.02. The quantitative estimate of drug-likeness (QED) is 0.476. The summed E-state index contributed by atoms with van der Waals surface area (Å²) in [5.41, 5.74) is 1.85. The van der Waals surface area contributed by atoms with Crippen molar-refractivity contribution in [1.82, 2.24) is 9.80 Å². The molecule has 1 saturated heterocycles. The summed E-state index contributed by atoms with van der Waals surface area (Å²) in [5, 5.41) is 2.75. The van der Waals surface area contributed by atoms with E-state index >= 15 is 0 Å². The first-order valence-electron chi connectivity index (χ1n) is 10.0. The first-order valence-corrected chi connectivity index (χ1v) is 10.0. The molecule has 152 valence electrons. The number of carbonyl (C=O) groups excluding carboxylic acids is 5. The van der Waals surface area contributed by atoms with Crippen molar-refractivity contribution in [2.24, 2.45) is 5.92 Å². The van der Waals surface area contributed by atoms with Gasteiger partial charge in [0, 0.05) is 23.7 Å². The summed E-state index contributed by atoms with van der Waals surface area (Å²) < 4.78 is 0. The van der Waals surface area contributed by atoms with Crippen molar-refractivity contribution in [2.45, 2.75) is 51.5 Å². The molecule has 1 aromatic carbocycles. The lowest BCUT2D eigenvalue weighted by Gasteiger charge is -2.34. The first kappa shape index (κ1) is 19.3. The number of imide groups is 2. The van der Waals surface area contributed by atoms with E-state index in [9.17, 15) is 24.0 Å². The summed E-state index contributed by atoms with van der Waals surface area (Å²) in [7, 11) is 0. The standard InChI is InChI=1S/C21H23N3O5/c1-12-4-2-3-5-16(12)24-20(28)19(27)23(21(24)29)11-17(25)14-6-8-15-13(10-14)7-9-18(26)22-15/h6,8,10,12,16H,2-5,7,9,11H2,1H3,(H,22,26)/t12-,16+/m1/s1. The molecule has 8 nitrogen and oxygen atoms in total. The molecule has 2 fully saturated rings. The van der Waals surface area contributed by atoms with E-state index in [0.717, 1.165) is 34.6 Å². The van der Waals surface area contributed by atoms with Gasteiger partial charge in [-0.2, -0.15) is 0 Å². The van der Waals surface area contributed by atoms with Gasteiger partial charge in [0.15, 0.2) is 5.78 Å². The van der Waals surface area contributed by atoms with Crippen molar-refractivity contribution in [3.05, 3.63) is 29.3 Å². The molecule has 8 heteroatoms. The zero-order valence-corrected chi connectivity index (χ0v) is 16.3. The van der Waals surface area contributed by atoms with Crippen LogP contribution in [0.4, 0.5) is 10.5 Å². The molecule has 0 bridgehead atoms. The Morgan fingerprint density at radius 1 is 1.07 bits per heavy atom. The highest BCUT2D eigenvalue weighted by Crippen LogP contribution is 2.31. The van der Waals surface area contributed by atoms with Crippen LogP contribution >= 0.6 is 0 Å². The van der Waals surface area contributed by atoms with Crippen LogP contribution in [-0.4, -0.2) is 51.9 Å². The van der Waals surface area contributed by atoms with Crippen molar-refractivity contribution in [1.29, 1.82) is 0 Å². The van der Waals surface area contributed by atoms with E-state index in [-0.39, 0.29) is 17.9 Å². The first-order chi connectivity index (χ1) is 13.9. The second kappa shape index (κ2) is 7.42. The largest absolute Gasteiger partial charge is 0.334 e. The minimum Gasteiger partial charge on any atom is -0.326 e. The Morgan fingerprint density at radius 2 is 1.83 bits per heavy atom. The fraction of sp³-hybridized carbons (Fsp3) is 0.476. The Balaban J connectivity index is 1.51. The van der Waals surface area contributed by atoms with Crippen LogP contribution in [0.3, 0.4) is 0 Å². The fourth-order valence-electron chi connectivity index (χ4n) is 4.43. The Morgan fingerprint density at radius 3 is 2.59 bits per heavy atom. The fourth-order valence-corrected chi connectivity index (χ4v) is 4.43. The number of fused-ring (bicyclic) bond motifs is 1. The zero-order chi connectivity index (χ0) is 20.7. The molecule has 1 saturated carbocycles. The van der Waals surface area contributed by atoms with Gasteiger partial charge in [-0.15, -0.1) is 0 Å². The molecule has 0 spiro atoms. The number of aryl methyl sites for hydroxylation is 1. The molecule has 2 aliphatic heterocycles. The van der Waals surface area contributed by atoms with Gasteiger partial charge in [-0.05, 0) is 48.9 Å². The third-order valence-corrected chi connectivity index (χ3v) is 6.11. The number of benzene rings is 1. The average Bonchev–Trinajstić information content (AvgIpc) is 2.91. The van der Waals surface area contributed by atoms with Crippen LogP contribution in [0.2, 0.25) is 0 Å². The third kappa shape index (κ3) is 3.43. The molecule has 2 atom stereocenters. The molecule has 1 N–H and O–H groups in total. The number of ketones is 1. The molecule has 0 radical (unpaired) electrons. The highest BCUT2D eigenvalue weighted by atomic mass is 16.2. The molecule has 1 aliphatic carbocycles. The molecule has 3 aliphatic rings. The van der Waals surface area contributed by atoms with Crippen LogP contribution < -0.4 is 5.32 Å². The van der Waals surface area contributed by atoms with Gasteiger partial charge in [0.1, 0.15) is 0 Å². The maximum Gasteiger partial charge on any atom is 0.334 e. The number of rotatable bonds is 4. The predicted molar refractivity (Wildman–Crippen MR) is 103 cm³/mol. The molecule has 29 heavy (non-hydrogen) atoms. The number of carbonyl (C=O) groups is 5. The normalized spacial score (nSPS) is 24.6. The monoisotopic (exact) mass is 397 g/mol. The van der Waals surface area contributed by atoms with E-state index in [4.69, 9.17) is 0 Å². The lowest BCUT2D eigenvalue weighted by Crippen LogP contribution is -2.46. The summed E-state index contributed by atoms with van der Waals surface area (Å²) in [6.07, 6.45) is 4.41. The molecule has 0 unspecified atom stereocenters. The van der Waals surface area contributed by atoms with Gasteiger partial charge in [0.2, 0.25) is 5.91 Å². The molecular formula is C21H23N3O5. The van der Waals surface area contributed by atoms with E-state index < -0.39 is 30.2 Å². The van der Waals surface area contributed by atoms with Gasteiger partial charge in [-0.3, -0.25) is 24.1 Å². The van der Waals surface area contributed by atoms with E-state index in [1.807, 2.05) is 6.92 Å². The zero-order valence-electron chi connectivity index (χ0n) is 16.3.